The fourth-order valence-corrected chi connectivity index (χ4v) is 8.31. The fraction of sp³-hybridized carbons (Fsp3) is 0.286. The van der Waals surface area contributed by atoms with E-state index < -0.39 is 34.9 Å². The molecule has 0 saturated heterocycles. The van der Waals surface area contributed by atoms with Crippen LogP contribution in [0.15, 0.2) is 65.6 Å². The van der Waals surface area contributed by atoms with Gasteiger partial charge >= 0.3 is 5.97 Å². The Kier molecular flexibility index (Phi) is 10.1. The van der Waals surface area contributed by atoms with Gasteiger partial charge in [0.1, 0.15) is 18.9 Å². The zero-order valence-electron chi connectivity index (χ0n) is 22.1. The highest BCUT2D eigenvalue weighted by Crippen LogP contribution is 2.50. The molecule has 1 unspecified atom stereocenters. The normalized spacial score (nSPS) is 13.9. The summed E-state index contributed by atoms with van der Waals surface area (Å²) in [5.41, 5.74) is 0.754. The average molecular weight is 626 g/mol. The van der Waals surface area contributed by atoms with Crippen LogP contribution in [0.4, 0.5) is 0 Å². The van der Waals surface area contributed by atoms with Crippen molar-refractivity contribution in [2.24, 2.45) is 0 Å². The number of carboxylic acid groups (broad SMARTS) is 1. The second-order valence-electron chi connectivity index (χ2n) is 9.81. The molecule has 0 aliphatic heterocycles. The van der Waals surface area contributed by atoms with Gasteiger partial charge in [-0.2, -0.15) is 0 Å². The number of nitrogens with one attached hydrogen (secondary N) is 1. The molecule has 0 heterocycles. The van der Waals surface area contributed by atoms with Gasteiger partial charge in [0.15, 0.2) is 9.84 Å². The first-order valence-electron chi connectivity index (χ1n) is 12.3. The SMILES string of the molecule is CC(C)P(=O)(CCc1cc(Cl)c(C(=O)N[C@@H](Cc2cccc(S(C)(=O)=O)c2)C(=O)O)c(Cl)c1)c1cccc(O)c1. The fourth-order valence-electron chi connectivity index (χ4n) is 4.27. The molecule has 2 atom stereocenters. The smallest absolute Gasteiger partial charge is 0.326 e. The van der Waals surface area contributed by atoms with E-state index in [4.69, 9.17) is 23.2 Å². The number of carbonyl (C=O) groups is 2. The van der Waals surface area contributed by atoms with E-state index in [9.17, 15) is 32.8 Å². The summed E-state index contributed by atoms with van der Waals surface area (Å²) in [6.07, 6.45) is 1.49. The minimum atomic E-state index is -3.50. The summed E-state index contributed by atoms with van der Waals surface area (Å²) < 4.78 is 37.6. The number of aryl methyl sites for hydroxylation is 1. The van der Waals surface area contributed by atoms with Gasteiger partial charge in [0.25, 0.3) is 5.91 Å². The van der Waals surface area contributed by atoms with Gasteiger partial charge in [-0.05, 0) is 53.9 Å². The summed E-state index contributed by atoms with van der Waals surface area (Å²) in [7, 11) is -6.40. The number of phenols is 1. The molecule has 0 spiro atoms. The quantitative estimate of drug-likeness (QED) is 0.250. The lowest BCUT2D eigenvalue weighted by atomic mass is 10.0. The van der Waals surface area contributed by atoms with Gasteiger partial charge in [0.2, 0.25) is 0 Å². The predicted octanol–water partition coefficient (Wildman–Crippen LogP) is 5.17. The molecule has 0 saturated carbocycles. The van der Waals surface area contributed by atoms with Crippen LogP contribution in [0.3, 0.4) is 0 Å². The molecule has 0 radical (unpaired) electrons. The number of halogens is 2. The van der Waals surface area contributed by atoms with Crippen molar-refractivity contribution in [2.75, 3.05) is 12.4 Å². The maximum atomic E-state index is 13.9. The predicted molar refractivity (Wildman–Crippen MR) is 158 cm³/mol. The monoisotopic (exact) mass is 625 g/mol. The van der Waals surface area contributed by atoms with Crippen LogP contribution >= 0.6 is 30.3 Å². The van der Waals surface area contributed by atoms with Crippen molar-refractivity contribution in [3.8, 4) is 5.75 Å². The van der Waals surface area contributed by atoms with Gasteiger partial charge in [-0.3, -0.25) is 4.79 Å². The lowest BCUT2D eigenvalue weighted by Gasteiger charge is -2.23. The summed E-state index contributed by atoms with van der Waals surface area (Å²) in [4.78, 5) is 25.0. The number of phenolic OH excluding ortho intramolecular Hbond substituents is 1. The van der Waals surface area contributed by atoms with Gasteiger partial charge in [-0.25, -0.2) is 13.2 Å². The van der Waals surface area contributed by atoms with Gasteiger partial charge in [0.05, 0.1) is 20.5 Å². The maximum Gasteiger partial charge on any atom is 0.326 e. The Balaban J connectivity index is 1.80. The highest BCUT2D eigenvalue weighted by molar-refractivity contribution is 7.90. The van der Waals surface area contributed by atoms with Crippen molar-refractivity contribution in [3.63, 3.8) is 0 Å². The highest BCUT2D eigenvalue weighted by Gasteiger charge is 2.30. The van der Waals surface area contributed by atoms with Crippen molar-refractivity contribution in [1.29, 1.82) is 0 Å². The standard InChI is InChI=1S/C28H30Cl2NO7PS/c1-17(2)39(36,21-8-5-7-20(32)16-21)11-10-19-13-23(29)26(24(30)14-19)27(33)31-25(28(34)35)15-18-6-4-9-22(12-18)40(3,37)38/h4-9,12-14,16-17,25,32H,10-11,15H2,1-3H3,(H,31,33)(H,34,35)/t25-,39?/m0/s1. The number of hydrogen-bond acceptors (Lipinski definition) is 6. The van der Waals surface area contributed by atoms with E-state index in [0.717, 1.165) is 6.26 Å². The number of hydrogen-bond donors (Lipinski definition) is 3. The second kappa shape index (κ2) is 12.8. The third-order valence-electron chi connectivity index (χ3n) is 6.53. The third-order valence-corrected chi connectivity index (χ3v) is 11.9. The molecule has 0 fully saturated rings. The number of sulfone groups is 1. The Morgan fingerprint density at radius 3 is 2.15 bits per heavy atom. The number of rotatable bonds is 11. The molecule has 3 N–H and O–H groups in total. The zero-order valence-corrected chi connectivity index (χ0v) is 25.3. The van der Waals surface area contributed by atoms with Crippen LogP contribution in [0.2, 0.25) is 10.0 Å². The molecular weight excluding hydrogens is 596 g/mol. The van der Waals surface area contributed by atoms with E-state index in [1.165, 1.54) is 42.5 Å². The van der Waals surface area contributed by atoms with E-state index in [0.29, 0.717) is 22.9 Å². The molecule has 214 valence electrons. The molecule has 8 nitrogen and oxygen atoms in total. The summed E-state index contributed by atoms with van der Waals surface area (Å²) in [5.74, 6) is -2.10. The molecule has 0 aromatic heterocycles. The van der Waals surface area contributed by atoms with Crippen molar-refractivity contribution < 1.29 is 32.8 Å². The van der Waals surface area contributed by atoms with Crippen LogP contribution in [0.25, 0.3) is 0 Å². The van der Waals surface area contributed by atoms with Crippen LogP contribution in [-0.2, 0) is 32.0 Å². The van der Waals surface area contributed by atoms with Crippen molar-refractivity contribution >= 4 is 57.4 Å². The van der Waals surface area contributed by atoms with E-state index in [1.807, 2.05) is 13.8 Å². The number of carboxylic acids is 1. The molecule has 3 aromatic rings. The van der Waals surface area contributed by atoms with Crippen LogP contribution in [-0.4, -0.2) is 54.6 Å². The molecule has 40 heavy (non-hydrogen) atoms. The Morgan fingerprint density at radius 1 is 0.975 bits per heavy atom. The maximum absolute atomic E-state index is 13.9. The van der Waals surface area contributed by atoms with Gasteiger partial charge in [-0.1, -0.05) is 61.3 Å². The van der Waals surface area contributed by atoms with Crippen molar-refractivity contribution in [3.05, 3.63) is 87.4 Å². The molecule has 12 heteroatoms. The topological polar surface area (TPSA) is 138 Å². The number of benzene rings is 3. The molecule has 3 aromatic carbocycles. The van der Waals surface area contributed by atoms with Gasteiger partial charge in [-0.15, -0.1) is 0 Å². The first-order valence-corrected chi connectivity index (χ1v) is 16.9. The largest absolute Gasteiger partial charge is 0.508 e. The van der Waals surface area contributed by atoms with Crippen LogP contribution in [0.1, 0.15) is 35.3 Å². The Hall–Kier alpha value is -2.84. The Labute approximate surface area is 243 Å². The third kappa shape index (κ3) is 7.67. The molecule has 0 aliphatic carbocycles. The molecule has 1 amide bonds. The van der Waals surface area contributed by atoms with E-state index in [1.54, 1.807) is 18.2 Å². The van der Waals surface area contributed by atoms with E-state index in [-0.39, 0.29) is 44.5 Å². The average Bonchev–Trinajstić information content (AvgIpc) is 2.86. The van der Waals surface area contributed by atoms with E-state index in [2.05, 4.69) is 5.32 Å². The summed E-state index contributed by atoms with van der Waals surface area (Å²) >= 11 is 12.8. The van der Waals surface area contributed by atoms with Gasteiger partial charge in [0, 0.05) is 29.8 Å². The molecule has 0 aliphatic rings. The first kappa shape index (κ1) is 31.7. The summed E-state index contributed by atoms with van der Waals surface area (Å²) in [5, 5.41) is 22.6. The van der Waals surface area contributed by atoms with Crippen LogP contribution < -0.4 is 10.6 Å². The van der Waals surface area contributed by atoms with Crippen LogP contribution in [0, 0.1) is 0 Å². The summed E-state index contributed by atoms with van der Waals surface area (Å²) in [6, 6.07) is 13.9. The lowest BCUT2D eigenvalue weighted by molar-refractivity contribution is -0.139. The summed E-state index contributed by atoms with van der Waals surface area (Å²) in [6.45, 7) is 3.71. The highest BCUT2D eigenvalue weighted by atomic mass is 35.5. The second-order valence-corrected chi connectivity index (χ2v) is 16.2. The van der Waals surface area contributed by atoms with Gasteiger partial charge < -0.3 is 20.1 Å². The Morgan fingerprint density at radius 2 is 1.60 bits per heavy atom. The number of aliphatic carboxylic acids is 1. The molecule has 0 bridgehead atoms. The number of carbonyl (C=O) groups excluding carboxylic acids is 1. The zero-order chi connectivity index (χ0) is 29.8. The lowest BCUT2D eigenvalue weighted by Crippen LogP contribution is -2.42. The number of amides is 1. The van der Waals surface area contributed by atoms with Crippen molar-refractivity contribution in [2.45, 2.75) is 43.3 Å². The van der Waals surface area contributed by atoms with Crippen molar-refractivity contribution in [1.82, 2.24) is 5.32 Å². The molecule has 3 rings (SSSR count). The van der Waals surface area contributed by atoms with Crippen LogP contribution in [0.5, 0.6) is 5.75 Å². The molecular formula is C28H30Cl2NO7PS. The minimum absolute atomic E-state index is 0.0000488. The van der Waals surface area contributed by atoms with E-state index >= 15 is 0 Å². The number of aromatic hydroxyl groups is 1. The Bertz CT molecular complexity index is 1570. The minimum Gasteiger partial charge on any atom is -0.508 e. The first-order chi connectivity index (χ1) is 18.6.